The van der Waals surface area contributed by atoms with Gasteiger partial charge in [0.1, 0.15) is 6.07 Å². The van der Waals surface area contributed by atoms with Crippen LogP contribution in [0.15, 0.2) is 12.1 Å². The van der Waals surface area contributed by atoms with Crippen molar-refractivity contribution in [2.24, 2.45) is 0 Å². The lowest BCUT2D eigenvalue weighted by Gasteiger charge is -2.12. The van der Waals surface area contributed by atoms with Gasteiger partial charge in [-0.05, 0) is 12.1 Å². The summed E-state index contributed by atoms with van der Waals surface area (Å²) in [6, 6.07) is 4.59. The van der Waals surface area contributed by atoms with E-state index in [1.165, 1.54) is 18.3 Å². The van der Waals surface area contributed by atoms with Crippen molar-refractivity contribution in [3.8, 4) is 18.3 Å². The number of halogens is 3. The van der Waals surface area contributed by atoms with Crippen molar-refractivity contribution in [3.63, 3.8) is 0 Å². The number of nitrogens with zero attached hydrogens (tertiary/aromatic N) is 3. The molecule has 0 heterocycles. The molecule has 1 aromatic carbocycles. The monoisotopic (exact) mass is 236 g/mol. The first-order valence-electron chi connectivity index (χ1n) is 4.14. The lowest BCUT2D eigenvalue weighted by molar-refractivity contribution is -0.136. The van der Waals surface area contributed by atoms with E-state index in [-0.39, 0.29) is 5.56 Å². The minimum atomic E-state index is -4.75. The molecule has 1 N–H and O–H groups in total. The summed E-state index contributed by atoms with van der Waals surface area (Å²) in [4.78, 5) is 0. The van der Waals surface area contributed by atoms with Gasteiger partial charge in [-0.15, -0.1) is 0 Å². The standard InChI is InChI=1S/C10H3F3N4/c11-10(12,13)8-2-6(3-14)1-7(4-15)9(8)17-5-16/h1-2,17H. The van der Waals surface area contributed by atoms with E-state index in [4.69, 9.17) is 15.8 Å². The van der Waals surface area contributed by atoms with Gasteiger partial charge in [-0.25, -0.2) is 0 Å². The van der Waals surface area contributed by atoms with Gasteiger partial charge in [0.15, 0.2) is 6.19 Å². The molecule has 0 radical (unpaired) electrons. The smallest absolute Gasteiger partial charge is 0.291 e. The average Bonchev–Trinajstić information content (AvgIpc) is 2.28. The predicted octanol–water partition coefficient (Wildman–Crippen LogP) is 2.34. The third-order valence-electron chi connectivity index (χ3n) is 1.87. The van der Waals surface area contributed by atoms with Crippen LogP contribution in [0.3, 0.4) is 0 Å². The highest BCUT2D eigenvalue weighted by atomic mass is 19.4. The highest BCUT2D eigenvalue weighted by Crippen LogP contribution is 2.37. The first-order chi connectivity index (χ1) is 7.93. The second-order valence-electron chi connectivity index (χ2n) is 2.90. The lowest BCUT2D eigenvalue weighted by Crippen LogP contribution is -2.10. The minimum absolute atomic E-state index is 0.294. The van der Waals surface area contributed by atoms with Gasteiger partial charge in [-0.1, -0.05) is 0 Å². The van der Waals surface area contributed by atoms with Crippen LogP contribution in [0.5, 0.6) is 0 Å². The van der Waals surface area contributed by atoms with Crippen LogP contribution < -0.4 is 5.32 Å². The van der Waals surface area contributed by atoms with Crippen LogP contribution in [-0.2, 0) is 6.18 Å². The van der Waals surface area contributed by atoms with Gasteiger partial charge in [0.2, 0.25) is 0 Å². The van der Waals surface area contributed by atoms with E-state index in [9.17, 15) is 13.2 Å². The zero-order valence-corrected chi connectivity index (χ0v) is 8.13. The molecule has 0 aliphatic carbocycles. The van der Waals surface area contributed by atoms with Crippen molar-refractivity contribution in [2.45, 2.75) is 6.18 Å². The molecular weight excluding hydrogens is 233 g/mol. The maximum absolute atomic E-state index is 12.6. The Morgan fingerprint density at radius 1 is 1.06 bits per heavy atom. The molecule has 0 atom stereocenters. The van der Waals surface area contributed by atoms with Crippen molar-refractivity contribution >= 4 is 5.69 Å². The third-order valence-corrected chi connectivity index (χ3v) is 1.87. The first-order valence-corrected chi connectivity index (χ1v) is 4.14. The van der Waals surface area contributed by atoms with E-state index in [0.717, 1.165) is 6.07 Å². The molecule has 1 rings (SSSR count). The Kier molecular flexibility index (Phi) is 3.21. The summed E-state index contributed by atoms with van der Waals surface area (Å²) >= 11 is 0. The van der Waals surface area contributed by atoms with Crippen LogP contribution in [0.2, 0.25) is 0 Å². The van der Waals surface area contributed by atoms with Crippen molar-refractivity contribution in [1.29, 1.82) is 15.8 Å². The summed E-state index contributed by atoms with van der Waals surface area (Å²) < 4.78 is 37.9. The summed E-state index contributed by atoms with van der Waals surface area (Å²) in [6.45, 7) is 0. The van der Waals surface area contributed by atoms with Crippen molar-refractivity contribution in [2.75, 3.05) is 5.32 Å². The van der Waals surface area contributed by atoms with Gasteiger partial charge in [0, 0.05) is 0 Å². The van der Waals surface area contributed by atoms with E-state index in [1.807, 2.05) is 5.32 Å². The zero-order valence-electron chi connectivity index (χ0n) is 8.13. The van der Waals surface area contributed by atoms with Crippen molar-refractivity contribution in [1.82, 2.24) is 0 Å². The third kappa shape index (κ3) is 2.45. The number of benzene rings is 1. The average molecular weight is 236 g/mol. The van der Waals surface area contributed by atoms with Gasteiger partial charge in [-0.3, -0.25) is 5.32 Å². The summed E-state index contributed by atoms with van der Waals surface area (Å²) in [5.41, 5.74) is -2.55. The summed E-state index contributed by atoms with van der Waals surface area (Å²) in [5, 5.41) is 27.4. The Morgan fingerprint density at radius 3 is 2.12 bits per heavy atom. The lowest BCUT2D eigenvalue weighted by atomic mass is 10.0. The molecule has 0 saturated carbocycles. The largest absolute Gasteiger partial charge is 0.418 e. The number of nitriles is 3. The maximum Gasteiger partial charge on any atom is 0.418 e. The zero-order chi connectivity index (χ0) is 13.1. The molecule has 0 fully saturated rings. The molecule has 17 heavy (non-hydrogen) atoms. The summed E-state index contributed by atoms with van der Waals surface area (Å²) in [5.74, 6) is 0. The fourth-order valence-electron chi connectivity index (χ4n) is 1.21. The Labute approximate surface area is 94.1 Å². The predicted molar refractivity (Wildman–Crippen MR) is 50.1 cm³/mol. The molecule has 0 amide bonds. The highest BCUT2D eigenvalue weighted by molar-refractivity contribution is 5.67. The number of anilines is 1. The molecule has 0 spiro atoms. The normalized spacial score (nSPS) is 9.88. The van der Waals surface area contributed by atoms with Crippen LogP contribution in [0.1, 0.15) is 16.7 Å². The molecular formula is C10H3F3N4. The van der Waals surface area contributed by atoms with E-state index < -0.39 is 23.0 Å². The number of rotatable bonds is 1. The molecule has 1 aromatic rings. The van der Waals surface area contributed by atoms with Crippen LogP contribution in [-0.4, -0.2) is 0 Å². The Morgan fingerprint density at radius 2 is 1.71 bits per heavy atom. The molecule has 0 unspecified atom stereocenters. The molecule has 0 bridgehead atoms. The van der Waals surface area contributed by atoms with Crippen LogP contribution >= 0.6 is 0 Å². The van der Waals surface area contributed by atoms with E-state index >= 15 is 0 Å². The second kappa shape index (κ2) is 4.42. The topological polar surface area (TPSA) is 83.4 Å². The van der Waals surface area contributed by atoms with Crippen LogP contribution in [0.4, 0.5) is 18.9 Å². The SMILES string of the molecule is N#CNc1c(C#N)cc(C#N)cc1C(F)(F)F. The Bertz CT molecular complexity index is 569. The fourth-order valence-corrected chi connectivity index (χ4v) is 1.21. The number of alkyl halides is 3. The van der Waals surface area contributed by atoms with Gasteiger partial charge in [0.25, 0.3) is 0 Å². The van der Waals surface area contributed by atoms with Crippen molar-refractivity contribution in [3.05, 3.63) is 28.8 Å². The maximum atomic E-state index is 12.6. The molecule has 0 aromatic heterocycles. The van der Waals surface area contributed by atoms with E-state index in [0.29, 0.717) is 6.07 Å². The minimum Gasteiger partial charge on any atom is -0.291 e. The van der Waals surface area contributed by atoms with Gasteiger partial charge in [-0.2, -0.15) is 29.0 Å². The Hall–Kier alpha value is -2.72. The second-order valence-corrected chi connectivity index (χ2v) is 2.90. The summed E-state index contributed by atoms with van der Waals surface area (Å²) in [7, 11) is 0. The molecule has 0 aliphatic heterocycles. The fraction of sp³-hybridized carbons (Fsp3) is 0.100. The number of hydrogen-bond donors (Lipinski definition) is 1. The van der Waals surface area contributed by atoms with Crippen LogP contribution in [0.25, 0.3) is 0 Å². The molecule has 0 aliphatic rings. The number of hydrogen-bond acceptors (Lipinski definition) is 4. The van der Waals surface area contributed by atoms with Gasteiger partial charge in [0.05, 0.1) is 28.4 Å². The number of nitrogens with one attached hydrogen (secondary N) is 1. The van der Waals surface area contributed by atoms with E-state index in [2.05, 4.69) is 0 Å². The van der Waals surface area contributed by atoms with Crippen molar-refractivity contribution < 1.29 is 13.2 Å². The first kappa shape index (κ1) is 12.4. The summed E-state index contributed by atoms with van der Waals surface area (Å²) in [6.07, 6.45) is -3.43. The quantitative estimate of drug-likeness (QED) is 0.599. The molecule has 0 saturated heterocycles. The molecule has 7 heteroatoms. The van der Waals surface area contributed by atoms with E-state index in [1.54, 1.807) is 0 Å². The molecule has 84 valence electrons. The highest BCUT2D eigenvalue weighted by Gasteiger charge is 2.35. The van der Waals surface area contributed by atoms with Gasteiger partial charge < -0.3 is 0 Å². The van der Waals surface area contributed by atoms with Crippen LogP contribution in [0, 0.1) is 34.1 Å². The molecule has 4 nitrogen and oxygen atoms in total. The van der Waals surface area contributed by atoms with Gasteiger partial charge >= 0.3 is 6.18 Å². The Balaban J connectivity index is 3.62.